The monoisotopic (exact) mass is 282 g/mol. The topological polar surface area (TPSA) is 122 Å². The summed E-state index contributed by atoms with van der Waals surface area (Å²) >= 11 is 0. The average molecular weight is 282 g/mol. The van der Waals surface area contributed by atoms with Crippen LogP contribution in [0.2, 0.25) is 0 Å². The summed E-state index contributed by atoms with van der Waals surface area (Å²) in [5, 5.41) is 8.44. The number of ether oxygens (including phenoxy) is 2. The maximum Gasteiger partial charge on any atom is 0.421 e. The Morgan fingerprint density at radius 1 is 1.44 bits per heavy atom. The Morgan fingerprint density at radius 2 is 2.00 bits per heavy atom. The van der Waals surface area contributed by atoms with Crippen LogP contribution in [0.4, 0.5) is 4.79 Å². The molecule has 104 valence electrons. The second-order valence-corrected chi connectivity index (χ2v) is 5.67. The van der Waals surface area contributed by atoms with E-state index in [2.05, 4.69) is 4.74 Å². The van der Waals surface area contributed by atoms with Gasteiger partial charge in [0.15, 0.2) is 0 Å². The summed E-state index contributed by atoms with van der Waals surface area (Å²) in [6, 6.07) is 0. The van der Waals surface area contributed by atoms with Gasteiger partial charge in [-0.15, -0.1) is 0 Å². The van der Waals surface area contributed by atoms with E-state index in [0.29, 0.717) is 0 Å². The van der Waals surface area contributed by atoms with Gasteiger partial charge in [-0.25, -0.2) is 14.3 Å². The van der Waals surface area contributed by atoms with Crippen molar-refractivity contribution in [1.29, 1.82) is 0 Å². The molecule has 0 radical (unpaired) electrons. The van der Waals surface area contributed by atoms with Crippen LogP contribution in [0, 0.1) is 0 Å². The smallest absolute Gasteiger partial charge is 0.421 e. The van der Waals surface area contributed by atoms with Crippen LogP contribution in [-0.2, 0) is 24.5 Å². The fourth-order valence-corrected chi connectivity index (χ4v) is 2.72. The minimum Gasteiger partial charge on any atom is -0.480 e. The molecule has 2 N–H and O–H groups in total. The Morgan fingerprint density at radius 3 is 2.44 bits per heavy atom. The van der Waals surface area contributed by atoms with Gasteiger partial charge in [0.2, 0.25) is 0 Å². The second-order valence-electron chi connectivity index (χ2n) is 4.00. The van der Waals surface area contributed by atoms with Crippen molar-refractivity contribution in [2.24, 2.45) is 0 Å². The van der Waals surface area contributed by atoms with Crippen molar-refractivity contribution in [3.05, 3.63) is 0 Å². The van der Waals surface area contributed by atoms with Crippen LogP contribution in [0.15, 0.2) is 0 Å². The number of carbonyl (C=O) groups excluding carboxylic acids is 1. The zero-order valence-electron chi connectivity index (χ0n) is 9.87. The largest absolute Gasteiger partial charge is 0.480 e. The molecule has 1 aliphatic rings. The maximum atomic E-state index is 11.6. The van der Waals surface area contributed by atoms with Crippen molar-refractivity contribution < 1.29 is 32.6 Å². The molecule has 0 aromatic heterocycles. The van der Waals surface area contributed by atoms with Gasteiger partial charge < -0.3 is 14.6 Å². The molecular formula is C8H14N2O7S. The minimum atomic E-state index is -3.96. The molecule has 0 atom stereocenters. The van der Waals surface area contributed by atoms with Gasteiger partial charge in [0.1, 0.15) is 6.61 Å². The molecule has 10 heteroatoms. The molecule has 0 aromatic carbocycles. The Labute approximate surface area is 104 Å². The van der Waals surface area contributed by atoms with Crippen LogP contribution in [0.25, 0.3) is 0 Å². The Hall–Kier alpha value is -1.39. The molecule has 1 heterocycles. The van der Waals surface area contributed by atoms with Crippen molar-refractivity contribution in [2.45, 2.75) is 12.5 Å². The number of nitrogens with zero attached hydrogens (tertiary/aromatic N) is 1. The maximum absolute atomic E-state index is 11.6. The molecule has 0 bridgehead atoms. The van der Waals surface area contributed by atoms with Gasteiger partial charge in [0.05, 0.1) is 12.7 Å². The first-order valence-corrected chi connectivity index (χ1v) is 6.34. The molecule has 0 spiro atoms. The number of amides is 1. The minimum absolute atomic E-state index is 0.0351. The van der Waals surface area contributed by atoms with Gasteiger partial charge in [-0.1, -0.05) is 0 Å². The highest BCUT2D eigenvalue weighted by Crippen LogP contribution is 2.26. The zero-order valence-corrected chi connectivity index (χ0v) is 10.7. The predicted octanol–water partition coefficient (Wildman–Crippen LogP) is -1.24. The SMILES string of the molecule is COC(=O)NS(=O)(=O)N1CC(C)(OCC(=O)O)C1. The molecule has 1 amide bonds. The summed E-state index contributed by atoms with van der Waals surface area (Å²) in [5.41, 5.74) is -0.858. The summed E-state index contributed by atoms with van der Waals surface area (Å²) in [6.45, 7) is 1.01. The number of methoxy groups -OCH3 is 1. The van der Waals surface area contributed by atoms with Crippen LogP contribution in [0.1, 0.15) is 6.92 Å². The number of rotatable bonds is 5. The first kappa shape index (κ1) is 14.7. The van der Waals surface area contributed by atoms with E-state index in [4.69, 9.17) is 9.84 Å². The molecule has 1 rings (SSSR count). The lowest BCUT2D eigenvalue weighted by molar-refractivity contribution is -0.157. The van der Waals surface area contributed by atoms with Crippen molar-refractivity contribution in [3.8, 4) is 0 Å². The molecule has 0 aliphatic carbocycles. The molecule has 1 fully saturated rings. The quantitative estimate of drug-likeness (QED) is 0.646. The van der Waals surface area contributed by atoms with E-state index >= 15 is 0 Å². The summed E-state index contributed by atoms with van der Waals surface area (Å²) in [6.07, 6.45) is -1.09. The van der Waals surface area contributed by atoms with Gasteiger partial charge in [-0.05, 0) is 6.92 Å². The number of nitrogens with one attached hydrogen (secondary N) is 1. The van der Waals surface area contributed by atoms with Gasteiger partial charge in [-0.2, -0.15) is 12.7 Å². The van der Waals surface area contributed by atoms with Crippen LogP contribution in [0.5, 0.6) is 0 Å². The van der Waals surface area contributed by atoms with Gasteiger partial charge in [0, 0.05) is 13.1 Å². The number of carboxylic acid groups (broad SMARTS) is 1. The van der Waals surface area contributed by atoms with Gasteiger partial charge >= 0.3 is 22.3 Å². The van der Waals surface area contributed by atoms with E-state index in [-0.39, 0.29) is 13.1 Å². The number of carboxylic acids is 1. The molecular weight excluding hydrogens is 268 g/mol. The molecule has 1 saturated heterocycles. The van der Waals surface area contributed by atoms with E-state index in [1.807, 2.05) is 0 Å². The summed E-state index contributed by atoms with van der Waals surface area (Å²) in [5.74, 6) is -1.13. The fraction of sp³-hybridized carbons (Fsp3) is 0.750. The number of carbonyl (C=O) groups is 2. The van der Waals surface area contributed by atoms with E-state index in [1.54, 1.807) is 11.6 Å². The van der Waals surface area contributed by atoms with E-state index in [0.717, 1.165) is 11.4 Å². The van der Waals surface area contributed by atoms with Crippen LogP contribution >= 0.6 is 0 Å². The van der Waals surface area contributed by atoms with Crippen LogP contribution in [-0.4, -0.2) is 62.3 Å². The summed E-state index contributed by atoms with van der Waals surface area (Å²) < 4.78 is 34.9. The van der Waals surface area contributed by atoms with Crippen LogP contribution < -0.4 is 4.72 Å². The first-order valence-electron chi connectivity index (χ1n) is 4.90. The van der Waals surface area contributed by atoms with Crippen LogP contribution in [0.3, 0.4) is 0 Å². The second kappa shape index (κ2) is 5.08. The Kier molecular flexibility index (Phi) is 4.14. The standard InChI is InChI=1S/C8H14N2O7S/c1-8(17-3-6(11)12)4-10(5-8)18(14,15)9-7(13)16-2/h3-5H2,1-2H3,(H,9,13)(H,11,12). The molecule has 0 saturated carbocycles. The number of hydrogen-bond acceptors (Lipinski definition) is 6. The Balaban J connectivity index is 2.50. The molecule has 1 aliphatic heterocycles. The normalized spacial score (nSPS) is 18.8. The first-order chi connectivity index (χ1) is 8.18. The lowest BCUT2D eigenvalue weighted by Crippen LogP contribution is -2.65. The Bertz CT molecular complexity index is 440. The van der Waals surface area contributed by atoms with E-state index in [1.165, 1.54) is 0 Å². The van der Waals surface area contributed by atoms with E-state index in [9.17, 15) is 18.0 Å². The molecule has 18 heavy (non-hydrogen) atoms. The van der Waals surface area contributed by atoms with Crippen molar-refractivity contribution in [3.63, 3.8) is 0 Å². The molecule has 9 nitrogen and oxygen atoms in total. The number of hydrogen-bond donors (Lipinski definition) is 2. The van der Waals surface area contributed by atoms with E-state index < -0.39 is 34.5 Å². The zero-order chi connectivity index (χ0) is 14.0. The average Bonchev–Trinajstić information content (AvgIpc) is 2.21. The third-order valence-corrected chi connectivity index (χ3v) is 3.67. The number of aliphatic carboxylic acids is 1. The highest BCUT2D eigenvalue weighted by atomic mass is 32.2. The molecule has 0 aromatic rings. The van der Waals surface area contributed by atoms with Crippen molar-refractivity contribution in [1.82, 2.24) is 9.03 Å². The predicted molar refractivity (Wildman–Crippen MR) is 58.0 cm³/mol. The lowest BCUT2D eigenvalue weighted by atomic mass is 10.0. The third kappa shape index (κ3) is 3.55. The summed E-state index contributed by atoms with van der Waals surface area (Å²) in [4.78, 5) is 21.1. The summed E-state index contributed by atoms with van der Waals surface area (Å²) in [7, 11) is -2.92. The molecule has 0 unspecified atom stereocenters. The lowest BCUT2D eigenvalue weighted by Gasteiger charge is -2.45. The van der Waals surface area contributed by atoms with Crippen molar-refractivity contribution >= 4 is 22.3 Å². The fourth-order valence-electron chi connectivity index (χ4n) is 1.41. The van der Waals surface area contributed by atoms with Gasteiger partial charge in [-0.3, -0.25) is 0 Å². The van der Waals surface area contributed by atoms with Gasteiger partial charge in [0.25, 0.3) is 0 Å². The highest BCUT2D eigenvalue weighted by Gasteiger charge is 2.46. The third-order valence-electron chi connectivity index (χ3n) is 2.30. The van der Waals surface area contributed by atoms with Crippen molar-refractivity contribution in [2.75, 3.05) is 26.8 Å². The highest BCUT2D eigenvalue weighted by molar-refractivity contribution is 7.87.